The molecule has 0 unspecified atom stereocenters. The van der Waals surface area contributed by atoms with Gasteiger partial charge in [0.05, 0.1) is 22.3 Å². The number of nitrogens with one attached hydrogen (secondary N) is 2. The van der Waals surface area contributed by atoms with Crippen molar-refractivity contribution >= 4 is 33.3 Å². The molecule has 0 aromatic heterocycles. The highest BCUT2D eigenvalue weighted by Crippen LogP contribution is 2.16. The van der Waals surface area contributed by atoms with E-state index in [1.807, 2.05) is 6.07 Å². The van der Waals surface area contributed by atoms with Gasteiger partial charge in [0.15, 0.2) is 15.9 Å². The third kappa shape index (κ3) is 6.78. The van der Waals surface area contributed by atoms with E-state index in [0.29, 0.717) is 16.3 Å². The highest BCUT2D eigenvalue weighted by molar-refractivity contribution is 7.91. The van der Waals surface area contributed by atoms with Crippen molar-refractivity contribution in [2.45, 2.75) is 24.3 Å². The van der Waals surface area contributed by atoms with E-state index in [1.54, 1.807) is 24.3 Å². The van der Waals surface area contributed by atoms with Crippen LogP contribution in [0.15, 0.2) is 53.4 Å². The molecule has 2 amide bonds. The second-order valence-electron chi connectivity index (χ2n) is 5.96. The van der Waals surface area contributed by atoms with Crippen molar-refractivity contribution < 1.29 is 22.7 Å². The summed E-state index contributed by atoms with van der Waals surface area (Å²) in [5.74, 6) is -1.33. The van der Waals surface area contributed by atoms with Crippen LogP contribution in [0.4, 0.5) is 0 Å². The van der Waals surface area contributed by atoms with Gasteiger partial charge in [0.1, 0.15) is 5.75 Å². The van der Waals surface area contributed by atoms with Crippen LogP contribution in [-0.4, -0.2) is 32.1 Å². The van der Waals surface area contributed by atoms with Crippen molar-refractivity contribution in [2.75, 3.05) is 5.75 Å². The first-order valence-corrected chi connectivity index (χ1v) is 10.5. The number of hydrogen-bond donors (Lipinski definition) is 2. The van der Waals surface area contributed by atoms with Gasteiger partial charge < -0.3 is 4.74 Å². The van der Waals surface area contributed by atoms with Crippen molar-refractivity contribution in [1.82, 2.24) is 10.9 Å². The number of sulfone groups is 1. The fraction of sp³-hybridized carbons (Fsp3) is 0.211. The van der Waals surface area contributed by atoms with Crippen LogP contribution in [0.3, 0.4) is 0 Å². The Balaban J connectivity index is 1.79. The Bertz CT molecular complexity index is 1020. The maximum absolute atomic E-state index is 12.2. The molecule has 0 bridgehead atoms. The Morgan fingerprint density at radius 2 is 1.72 bits per heavy atom. The van der Waals surface area contributed by atoms with E-state index in [2.05, 4.69) is 10.9 Å². The van der Waals surface area contributed by atoms with Crippen LogP contribution in [0.1, 0.15) is 18.9 Å². The molecule has 0 aliphatic rings. The number of nitrogens with zero attached hydrogens (tertiary/aromatic N) is 1. The molecule has 2 aromatic rings. The quantitative estimate of drug-likeness (QED) is 0.640. The fourth-order valence-corrected chi connectivity index (χ4v) is 3.51. The van der Waals surface area contributed by atoms with E-state index in [4.69, 9.17) is 21.6 Å². The molecule has 0 aliphatic carbocycles. The van der Waals surface area contributed by atoms with E-state index in [-0.39, 0.29) is 11.3 Å². The smallest absolute Gasteiger partial charge is 0.279 e. The molecule has 152 valence electrons. The van der Waals surface area contributed by atoms with E-state index in [1.165, 1.54) is 31.2 Å². The number of halogens is 1. The molecule has 0 radical (unpaired) electrons. The highest BCUT2D eigenvalue weighted by Gasteiger charge is 2.18. The molecule has 2 aromatic carbocycles. The van der Waals surface area contributed by atoms with Crippen LogP contribution in [0, 0.1) is 11.3 Å². The zero-order chi connectivity index (χ0) is 21.4. The topological polar surface area (TPSA) is 125 Å². The average Bonchev–Trinajstić information content (AvgIpc) is 2.71. The third-order valence-electron chi connectivity index (χ3n) is 3.76. The van der Waals surface area contributed by atoms with Crippen molar-refractivity contribution in [3.8, 4) is 11.8 Å². The van der Waals surface area contributed by atoms with Crippen LogP contribution in [0.5, 0.6) is 5.75 Å². The minimum Gasteiger partial charge on any atom is -0.481 e. The maximum Gasteiger partial charge on any atom is 0.279 e. The van der Waals surface area contributed by atoms with Crippen molar-refractivity contribution in [1.29, 1.82) is 5.26 Å². The number of carbonyl (C=O) groups is 2. The molecule has 8 nitrogen and oxygen atoms in total. The van der Waals surface area contributed by atoms with Gasteiger partial charge in [-0.25, -0.2) is 8.42 Å². The zero-order valence-corrected chi connectivity index (χ0v) is 17.0. The minimum atomic E-state index is -3.65. The van der Waals surface area contributed by atoms with Gasteiger partial charge in [0.25, 0.3) is 5.91 Å². The number of rotatable bonds is 7. The van der Waals surface area contributed by atoms with E-state index in [0.717, 1.165) is 0 Å². The lowest BCUT2D eigenvalue weighted by molar-refractivity contribution is -0.132. The number of hydrazine groups is 1. The molecule has 0 heterocycles. The standard InChI is InChI=1S/C19H18ClN3O5S/c1-13(28-16-6-2-14(12-21)3-7-16)19(25)23-22-18(24)10-11-29(26,27)17-8-4-15(20)5-9-17/h2-9,13H,10-11H2,1H3,(H,22,24)(H,23,25)/t13-/m0/s1. The first kappa shape index (κ1) is 22.2. The van der Waals surface area contributed by atoms with Crippen LogP contribution < -0.4 is 15.6 Å². The van der Waals surface area contributed by atoms with E-state index in [9.17, 15) is 18.0 Å². The second kappa shape index (κ2) is 9.91. The summed E-state index contributed by atoms with van der Waals surface area (Å²) in [5.41, 5.74) is 4.79. The fourth-order valence-electron chi connectivity index (χ4n) is 2.15. The summed E-state index contributed by atoms with van der Waals surface area (Å²) in [5, 5.41) is 9.16. The van der Waals surface area contributed by atoms with Gasteiger partial charge in [0, 0.05) is 11.4 Å². The lowest BCUT2D eigenvalue weighted by atomic mass is 10.2. The number of amides is 2. The number of ether oxygens (including phenoxy) is 1. The first-order valence-electron chi connectivity index (χ1n) is 8.45. The molecule has 1 atom stereocenters. The van der Waals surface area contributed by atoms with E-state index >= 15 is 0 Å². The SMILES string of the molecule is C[C@H](Oc1ccc(C#N)cc1)C(=O)NNC(=O)CCS(=O)(=O)c1ccc(Cl)cc1. The normalized spacial score (nSPS) is 11.8. The minimum absolute atomic E-state index is 0.0585. The summed E-state index contributed by atoms with van der Waals surface area (Å²) >= 11 is 5.73. The largest absolute Gasteiger partial charge is 0.481 e. The van der Waals surface area contributed by atoms with Crippen molar-refractivity contribution in [3.05, 3.63) is 59.1 Å². The molecule has 29 heavy (non-hydrogen) atoms. The molecule has 2 rings (SSSR count). The van der Waals surface area contributed by atoms with Gasteiger partial charge in [0.2, 0.25) is 5.91 Å². The van der Waals surface area contributed by atoms with Gasteiger partial charge in [-0.3, -0.25) is 20.4 Å². The molecule has 0 fully saturated rings. The van der Waals surface area contributed by atoms with Crippen LogP contribution in [-0.2, 0) is 19.4 Å². The lowest BCUT2D eigenvalue weighted by Crippen LogP contribution is -2.47. The van der Waals surface area contributed by atoms with Crippen molar-refractivity contribution in [2.24, 2.45) is 0 Å². The van der Waals surface area contributed by atoms with Crippen LogP contribution in [0.2, 0.25) is 5.02 Å². The highest BCUT2D eigenvalue weighted by atomic mass is 35.5. The summed E-state index contributed by atoms with van der Waals surface area (Å²) in [6.07, 6.45) is -1.27. The zero-order valence-electron chi connectivity index (χ0n) is 15.4. The van der Waals surface area contributed by atoms with Gasteiger partial charge in [-0.1, -0.05) is 11.6 Å². The van der Waals surface area contributed by atoms with Gasteiger partial charge in [-0.2, -0.15) is 5.26 Å². The lowest BCUT2D eigenvalue weighted by Gasteiger charge is -2.15. The van der Waals surface area contributed by atoms with E-state index < -0.39 is 33.5 Å². The molecule has 2 N–H and O–H groups in total. The second-order valence-corrected chi connectivity index (χ2v) is 8.50. The van der Waals surface area contributed by atoms with Gasteiger partial charge in [-0.15, -0.1) is 0 Å². The number of carbonyl (C=O) groups excluding carboxylic acids is 2. The Kier molecular flexibility index (Phi) is 7.59. The Hall–Kier alpha value is -3.09. The van der Waals surface area contributed by atoms with Crippen molar-refractivity contribution in [3.63, 3.8) is 0 Å². The number of nitriles is 1. The Labute approximate surface area is 173 Å². The predicted octanol–water partition coefficient (Wildman–Crippen LogP) is 1.99. The average molecular weight is 436 g/mol. The molecular formula is C19H18ClN3O5S. The summed E-state index contributed by atoms with van der Waals surface area (Å²) in [6.45, 7) is 1.48. The monoisotopic (exact) mass is 435 g/mol. The van der Waals surface area contributed by atoms with Crippen LogP contribution in [0.25, 0.3) is 0 Å². The number of hydrogen-bond acceptors (Lipinski definition) is 6. The summed E-state index contributed by atoms with van der Waals surface area (Å²) in [7, 11) is -3.65. The molecule has 10 heteroatoms. The third-order valence-corrected chi connectivity index (χ3v) is 5.75. The predicted molar refractivity (Wildman–Crippen MR) is 106 cm³/mol. The Morgan fingerprint density at radius 1 is 1.10 bits per heavy atom. The maximum atomic E-state index is 12.2. The Morgan fingerprint density at radius 3 is 2.31 bits per heavy atom. The molecule has 0 saturated carbocycles. The van der Waals surface area contributed by atoms with Gasteiger partial charge >= 0.3 is 0 Å². The number of benzene rings is 2. The summed E-state index contributed by atoms with van der Waals surface area (Å²) < 4.78 is 29.8. The summed E-state index contributed by atoms with van der Waals surface area (Å²) in [6, 6.07) is 13.8. The molecule has 0 aliphatic heterocycles. The van der Waals surface area contributed by atoms with Crippen LogP contribution >= 0.6 is 11.6 Å². The molecule has 0 saturated heterocycles. The van der Waals surface area contributed by atoms with Gasteiger partial charge in [-0.05, 0) is 55.5 Å². The summed E-state index contributed by atoms with van der Waals surface area (Å²) in [4.78, 5) is 23.9. The molecule has 0 spiro atoms. The molecular weight excluding hydrogens is 418 g/mol. The first-order chi connectivity index (χ1) is 13.7.